The number of esters is 1. The zero-order valence-corrected chi connectivity index (χ0v) is 18.5. The van der Waals surface area contributed by atoms with Crippen LogP contribution in [0.15, 0.2) is 81.9 Å². The van der Waals surface area contributed by atoms with Gasteiger partial charge < -0.3 is 9.47 Å². The number of nitrogens with zero attached hydrogens (tertiary/aromatic N) is 1. The molecule has 7 heteroatoms. The monoisotopic (exact) mass is 501 g/mol. The minimum absolute atomic E-state index is 0.140. The van der Waals surface area contributed by atoms with E-state index in [-0.39, 0.29) is 11.6 Å². The van der Waals surface area contributed by atoms with Crippen LogP contribution in [0.3, 0.4) is 0 Å². The van der Waals surface area contributed by atoms with Crippen LogP contribution >= 0.6 is 39.1 Å². The SMILES string of the molecule is O=C1OC(c2ccc(Cl)cc2Cl)=N/C1=C\c1ccccc1OCc1ccc(Br)cc1. The van der Waals surface area contributed by atoms with Crippen LogP contribution in [0.5, 0.6) is 5.75 Å². The summed E-state index contributed by atoms with van der Waals surface area (Å²) in [7, 11) is 0. The van der Waals surface area contributed by atoms with E-state index in [2.05, 4.69) is 20.9 Å². The molecule has 0 radical (unpaired) electrons. The van der Waals surface area contributed by atoms with E-state index in [0.717, 1.165) is 10.0 Å². The highest BCUT2D eigenvalue weighted by Gasteiger charge is 2.26. The minimum Gasteiger partial charge on any atom is -0.488 e. The predicted octanol–water partition coefficient (Wildman–Crippen LogP) is 6.68. The van der Waals surface area contributed by atoms with E-state index < -0.39 is 5.97 Å². The second-order valence-electron chi connectivity index (χ2n) is 6.41. The van der Waals surface area contributed by atoms with Crippen molar-refractivity contribution >= 4 is 57.1 Å². The minimum atomic E-state index is -0.557. The lowest BCUT2D eigenvalue weighted by molar-refractivity contribution is -0.129. The molecule has 30 heavy (non-hydrogen) atoms. The molecule has 0 spiro atoms. The number of benzene rings is 3. The average Bonchev–Trinajstić information content (AvgIpc) is 3.08. The van der Waals surface area contributed by atoms with Gasteiger partial charge in [0.1, 0.15) is 12.4 Å². The number of carbonyl (C=O) groups excluding carboxylic acids is 1. The van der Waals surface area contributed by atoms with E-state index in [4.69, 9.17) is 32.7 Å². The molecule has 1 aliphatic heterocycles. The van der Waals surface area contributed by atoms with Crippen LogP contribution in [-0.4, -0.2) is 11.9 Å². The lowest BCUT2D eigenvalue weighted by Gasteiger charge is -2.09. The summed E-state index contributed by atoms with van der Waals surface area (Å²) in [6, 6.07) is 20.2. The van der Waals surface area contributed by atoms with Crippen molar-refractivity contribution in [2.75, 3.05) is 0 Å². The number of halogens is 3. The molecule has 0 unspecified atom stereocenters. The van der Waals surface area contributed by atoms with Crippen LogP contribution in [0.25, 0.3) is 6.08 Å². The van der Waals surface area contributed by atoms with Gasteiger partial charge >= 0.3 is 5.97 Å². The van der Waals surface area contributed by atoms with Crippen molar-refractivity contribution in [2.24, 2.45) is 4.99 Å². The third-order valence-corrected chi connectivity index (χ3v) is 5.38. The van der Waals surface area contributed by atoms with Gasteiger partial charge in [0.05, 0.1) is 10.6 Å². The van der Waals surface area contributed by atoms with Crippen LogP contribution in [0, 0.1) is 0 Å². The van der Waals surface area contributed by atoms with E-state index >= 15 is 0 Å². The number of hydrogen-bond donors (Lipinski definition) is 0. The summed E-state index contributed by atoms with van der Waals surface area (Å²) in [6.07, 6.45) is 1.63. The van der Waals surface area contributed by atoms with Crippen LogP contribution in [0.1, 0.15) is 16.7 Å². The molecule has 0 N–H and O–H groups in total. The molecular weight excluding hydrogens is 489 g/mol. The van der Waals surface area contributed by atoms with E-state index in [1.807, 2.05) is 48.5 Å². The quantitative estimate of drug-likeness (QED) is 0.289. The number of hydrogen-bond acceptors (Lipinski definition) is 4. The summed E-state index contributed by atoms with van der Waals surface area (Å²) in [5.41, 5.74) is 2.40. The zero-order valence-electron chi connectivity index (χ0n) is 15.4. The van der Waals surface area contributed by atoms with Crippen molar-refractivity contribution in [1.29, 1.82) is 0 Å². The van der Waals surface area contributed by atoms with Crippen molar-refractivity contribution in [3.05, 3.63) is 104 Å². The van der Waals surface area contributed by atoms with Gasteiger partial charge in [-0.1, -0.05) is 69.5 Å². The third-order valence-electron chi connectivity index (χ3n) is 4.30. The lowest BCUT2D eigenvalue weighted by Crippen LogP contribution is -2.06. The lowest BCUT2D eigenvalue weighted by atomic mass is 10.1. The second kappa shape index (κ2) is 9.04. The van der Waals surface area contributed by atoms with Gasteiger partial charge in [0.15, 0.2) is 5.70 Å². The van der Waals surface area contributed by atoms with E-state index in [0.29, 0.717) is 33.5 Å². The third kappa shape index (κ3) is 4.75. The number of para-hydroxylation sites is 1. The van der Waals surface area contributed by atoms with Crippen LogP contribution in [-0.2, 0) is 16.1 Å². The van der Waals surface area contributed by atoms with E-state index in [9.17, 15) is 4.79 Å². The molecule has 0 fully saturated rings. The van der Waals surface area contributed by atoms with Gasteiger partial charge in [-0.3, -0.25) is 0 Å². The number of carbonyl (C=O) groups is 1. The molecule has 1 aliphatic rings. The largest absolute Gasteiger partial charge is 0.488 e. The Morgan fingerprint density at radius 3 is 2.57 bits per heavy atom. The summed E-state index contributed by atoms with van der Waals surface area (Å²) >= 11 is 15.5. The smallest absolute Gasteiger partial charge is 0.363 e. The Morgan fingerprint density at radius 1 is 1.03 bits per heavy atom. The summed E-state index contributed by atoms with van der Waals surface area (Å²) in [5.74, 6) is 0.216. The Hall–Kier alpha value is -2.60. The Bertz CT molecular complexity index is 1170. The number of aliphatic imine (C=N–C) groups is 1. The highest BCUT2D eigenvalue weighted by molar-refractivity contribution is 9.10. The first-order valence-electron chi connectivity index (χ1n) is 8.94. The van der Waals surface area contributed by atoms with Gasteiger partial charge in [-0.25, -0.2) is 9.79 Å². The van der Waals surface area contributed by atoms with Crippen molar-refractivity contribution in [2.45, 2.75) is 6.61 Å². The number of rotatable bonds is 5. The zero-order chi connectivity index (χ0) is 21.1. The van der Waals surface area contributed by atoms with Gasteiger partial charge in [0.2, 0.25) is 5.90 Å². The molecule has 0 saturated heterocycles. The summed E-state index contributed by atoms with van der Waals surface area (Å²) in [4.78, 5) is 16.7. The summed E-state index contributed by atoms with van der Waals surface area (Å²) in [5, 5.41) is 0.842. The first-order valence-corrected chi connectivity index (χ1v) is 10.5. The average molecular weight is 503 g/mol. The molecule has 0 aromatic heterocycles. The fourth-order valence-electron chi connectivity index (χ4n) is 2.81. The van der Waals surface area contributed by atoms with Crippen LogP contribution in [0.4, 0.5) is 0 Å². The molecule has 0 aliphatic carbocycles. The first-order chi connectivity index (χ1) is 14.5. The Kier molecular flexibility index (Phi) is 6.23. The number of ether oxygens (including phenoxy) is 2. The molecule has 150 valence electrons. The van der Waals surface area contributed by atoms with Crippen LogP contribution in [0.2, 0.25) is 10.0 Å². The Morgan fingerprint density at radius 2 is 1.80 bits per heavy atom. The highest BCUT2D eigenvalue weighted by Crippen LogP contribution is 2.28. The maximum absolute atomic E-state index is 12.3. The van der Waals surface area contributed by atoms with Crippen molar-refractivity contribution in [3.63, 3.8) is 0 Å². The van der Waals surface area contributed by atoms with Crippen molar-refractivity contribution in [3.8, 4) is 5.75 Å². The Labute approximate surface area is 191 Å². The molecule has 3 aromatic rings. The molecule has 0 atom stereocenters. The maximum atomic E-state index is 12.3. The van der Waals surface area contributed by atoms with Gasteiger partial charge in [0, 0.05) is 15.1 Å². The predicted molar refractivity (Wildman–Crippen MR) is 122 cm³/mol. The molecule has 0 saturated carbocycles. The molecular formula is C23H14BrCl2NO3. The van der Waals surface area contributed by atoms with Crippen molar-refractivity contribution < 1.29 is 14.3 Å². The maximum Gasteiger partial charge on any atom is 0.363 e. The molecule has 0 bridgehead atoms. The van der Waals surface area contributed by atoms with Crippen molar-refractivity contribution in [1.82, 2.24) is 0 Å². The molecule has 1 heterocycles. The fraction of sp³-hybridized carbons (Fsp3) is 0.0435. The standard InChI is InChI=1S/C23H14BrCl2NO3/c24-16-7-5-14(6-8-16)13-29-21-4-2-1-3-15(21)11-20-23(28)30-22(27-20)18-10-9-17(25)12-19(18)26/h1-12H,13H2/b20-11-. The van der Waals surface area contributed by atoms with Gasteiger partial charge in [-0.2, -0.15) is 0 Å². The fourth-order valence-corrected chi connectivity index (χ4v) is 3.56. The highest BCUT2D eigenvalue weighted by atomic mass is 79.9. The molecule has 4 nitrogen and oxygen atoms in total. The molecule has 3 aromatic carbocycles. The molecule has 4 rings (SSSR count). The van der Waals surface area contributed by atoms with Gasteiger partial charge in [-0.05, 0) is 48.0 Å². The Balaban J connectivity index is 1.59. The van der Waals surface area contributed by atoms with Gasteiger partial charge in [-0.15, -0.1) is 0 Å². The van der Waals surface area contributed by atoms with E-state index in [1.54, 1.807) is 24.3 Å². The van der Waals surface area contributed by atoms with Gasteiger partial charge in [0.25, 0.3) is 0 Å². The second-order valence-corrected chi connectivity index (χ2v) is 8.17. The normalized spacial score (nSPS) is 14.6. The number of cyclic esters (lactones) is 1. The summed E-state index contributed by atoms with van der Waals surface area (Å²) in [6.45, 7) is 0.396. The topological polar surface area (TPSA) is 47.9 Å². The first kappa shape index (κ1) is 20.7. The molecule has 0 amide bonds. The van der Waals surface area contributed by atoms with Crippen LogP contribution < -0.4 is 4.74 Å². The van der Waals surface area contributed by atoms with E-state index in [1.165, 1.54) is 0 Å². The summed E-state index contributed by atoms with van der Waals surface area (Å²) < 4.78 is 12.3.